The minimum Gasteiger partial charge on any atom is -0.388 e. The molecule has 1 amide bonds. The Labute approximate surface area is 105 Å². The van der Waals surface area contributed by atoms with Gasteiger partial charge in [-0.05, 0) is 31.7 Å². The fourth-order valence-electron chi connectivity index (χ4n) is 1.76. The summed E-state index contributed by atoms with van der Waals surface area (Å²) in [5.41, 5.74) is -0.442. The zero-order chi connectivity index (χ0) is 12.5. The average molecular weight is 255 g/mol. The highest BCUT2D eigenvalue weighted by atomic mass is 35.5. The van der Waals surface area contributed by atoms with Crippen LogP contribution in [-0.2, 0) is 0 Å². The van der Waals surface area contributed by atoms with Gasteiger partial charge < -0.3 is 10.4 Å². The summed E-state index contributed by atoms with van der Waals surface area (Å²) in [4.78, 5) is 15.6. The summed E-state index contributed by atoms with van der Waals surface area (Å²) in [5, 5.41) is 13.1. The van der Waals surface area contributed by atoms with Crippen molar-refractivity contribution in [1.82, 2.24) is 10.3 Å². The molecular formula is C12H15ClN2O2. The SMILES string of the molecule is CC(O)(CNC(=O)c1ccncc1Cl)C1CC1. The quantitative estimate of drug-likeness (QED) is 0.858. The number of amides is 1. The highest BCUT2D eigenvalue weighted by molar-refractivity contribution is 6.33. The van der Waals surface area contributed by atoms with E-state index < -0.39 is 5.60 Å². The highest BCUT2D eigenvalue weighted by Gasteiger charge is 2.40. The lowest BCUT2D eigenvalue weighted by atomic mass is 10.0. The molecule has 2 N–H and O–H groups in total. The van der Waals surface area contributed by atoms with Crippen molar-refractivity contribution in [2.45, 2.75) is 25.4 Å². The first-order chi connectivity index (χ1) is 8.00. The van der Waals surface area contributed by atoms with E-state index in [-0.39, 0.29) is 12.5 Å². The molecule has 1 aromatic heterocycles. The molecule has 0 bridgehead atoms. The Bertz CT molecular complexity index is 430. The van der Waals surface area contributed by atoms with Crippen LogP contribution in [0, 0.1) is 5.92 Å². The van der Waals surface area contributed by atoms with Gasteiger partial charge in [0, 0.05) is 18.9 Å². The van der Waals surface area contributed by atoms with E-state index in [0.717, 1.165) is 12.8 Å². The number of aliphatic hydroxyl groups is 1. The van der Waals surface area contributed by atoms with Crippen LogP contribution < -0.4 is 5.32 Å². The second kappa shape index (κ2) is 4.63. The molecule has 0 spiro atoms. The second-order valence-electron chi connectivity index (χ2n) is 4.67. The number of rotatable bonds is 4. The van der Waals surface area contributed by atoms with Crippen LogP contribution in [-0.4, -0.2) is 28.1 Å². The van der Waals surface area contributed by atoms with Crippen molar-refractivity contribution in [2.75, 3.05) is 6.54 Å². The van der Waals surface area contributed by atoms with Crippen LogP contribution in [0.3, 0.4) is 0 Å². The maximum Gasteiger partial charge on any atom is 0.253 e. The van der Waals surface area contributed by atoms with Gasteiger partial charge in [0.25, 0.3) is 5.91 Å². The van der Waals surface area contributed by atoms with Crippen LogP contribution in [0.5, 0.6) is 0 Å². The summed E-state index contributed by atoms with van der Waals surface area (Å²) in [6.45, 7) is 1.99. The molecule has 4 nitrogen and oxygen atoms in total. The van der Waals surface area contributed by atoms with Gasteiger partial charge in [0.05, 0.1) is 16.2 Å². The van der Waals surface area contributed by atoms with E-state index in [9.17, 15) is 9.90 Å². The molecule has 1 saturated carbocycles. The molecule has 1 aromatic rings. The summed E-state index contributed by atoms with van der Waals surface area (Å²) in [7, 11) is 0. The first kappa shape index (κ1) is 12.3. The molecule has 1 fully saturated rings. The lowest BCUT2D eigenvalue weighted by Gasteiger charge is -2.23. The van der Waals surface area contributed by atoms with Crippen molar-refractivity contribution in [3.63, 3.8) is 0 Å². The minimum absolute atomic E-state index is 0.245. The third kappa shape index (κ3) is 2.96. The van der Waals surface area contributed by atoms with Crippen LogP contribution in [0.15, 0.2) is 18.5 Å². The van der Waals surface area contributed by atoms with E-state index in [2.05, 4.69) is 10.3 Å². The Hall–Kier alpha value is -1.13. The van der Waals surface area contributed by atoms with E-state index in [4.69, 9.17) is 11.6 Å². The van der Waals surface area contributed by atoms with Gasteiger partial charge in [-0.2, -0.15) is 0 Å². The average Bonchev–Trinajstić information content (AvgIpc) is 3.11. The van der Waals surface area contributed by atoms with E-state index in [1.54, 1.807) is 13.0 Å². The highest BCUT2D eigenvalue weighted by Crippen LogP contribution is 2.39. The lowest BCUT2D eigenvalue weighted by Crippen LogP contribution is -2.42. The second-order valence-corrected chi connectivity index (χ2v) is 5.08. The number of carbonyl (C=O) groups is 1. The van der Waals surface area contributed by atoms with Crippen LogP contribution in [0.2, 0.25) is 5.02 Å². The van der Waals surface area contributed by atoms with Crippen LogP contribution in [0.25, 0.3) is 0 Å². The third-order valence-electron chi connectivity index (χ3n) is 3.08. The smallest absolute Gasteiger partial charge is 0.253 e. The van der Waals surface area contributed by atoms with Gasteiger partial charge in [-0.1, -0.05) is 11.6 Å². The fourth-order valence-corrected chi connectivity index (χ4v) is 1.97. The van der Waals surface area contributed by atoms with Crippen LogP contribution in [0.4, 0.5) is 0 Å². The number of nitrogens with one attached hydrogen (secondary N) is 1. The van der Waals surface area contributed by atoms with Crippen LogP contribution >= 0.6 is 11.6 Å². The number of hydrogen-bond donors (Lipinski definition) is 2. The van der Waals surface area contributed by atoms with Crippen molar-refractivity contribution in [3.8, 4) is 0 Å². The van der Waals surface area contributed by atoms with E-state index in [1.165, 1.54) is 12.4 Å². The Morgan fingerprint density at radius 2 is 2.41 bits per heavy atom. The molecule has 0 aromatic carbocycles. The molecule has 1 atom stereocenters. The monoisotopic (exact) mass is 254 g/mol. The van der Waals surface area contributed by atoms with E-state index >= 15 is 0 Å². The summed E-state index contributed by atoms with van der Waals surface area (Å²) in [6, 6.07) is 1.56. The summed E-state index contributed by atoms with van der Waals surface area (Å²) in [5.74, 6) is 0.0223. The molecule has 0 aliphatic heterocycles. The number of carbonyl (C=O) groups excluding carboxylic acids is 1. The maximum absolute atomic E-state index is 11.8. The summed E-state index contributed by atoms with van der Waals surface area (Å²) >= 11 is 5.86. The molecular weight excluding hydrogens is 240 g/mol. The molecule has 1 aliphatic carbocycles. The lowest BCUT2D eigenvalue weighted by molar-refractivity contribution is 0.0354. The Morgan fingerprint density at radius 3 is 3.00 bits per heavy atom. The number of hydrogen-bond acceptors (Lipinski definition) is 3. The molecule has 2 rings (SSSR count). The van der Waals surface area contributed by atoms with Crippen molar-refractivity contribution >= 4 is 17.5 Å². The Morgan fingerprint density at radius 1 is 1.71 bits per heavy atom. The third-order valence-corrected chi connectivity index (χ3v) is 3.38. The van der Waals surface area contributed by atoms with Gasteiger partial charge in [0.1, 0.15) is 0 Å². The number of nitrogens with zero attached hydrogens (tertiary/aromatic N) is 1. The zero-order valence-electron chi connectivity index (χ0n) is 9.61. The molecule has 0 radical (unpaired) electrons. The number of aromatic nitrogens is 1. The maximum atomic E-state index is 11.8. The normalized spacial score (nSPS) is 18.5. The topological polar surface area (TPSA) is 62.2 Å². The number of halogens is 1. The predicted octanol–water partition coefficient (Wildman–Crippen LogP) is 1.63. The van der Waals surface area contributed by atoms with Gasteiger partial charge in [0.15, 0.2) is 0 Å². The molecule has 1 heterocycles. The van der Waals surface area contributed by atoms with E-state index in [1.807, 2.05) is 0 Å². The zero-order valence-corrected chi connectivity index (χ0v) is 10.4. The molecule has 1 aliphatic rings. The largest absolute Gasteiger partial charge is 0.388 e. The number of pyridine rings is 1. The Balaban J connectivity index is 1.96. The van der Waals surface area contributed by atoms with Crippen molar-refractivity contribution < 1.29 is 9.90 Å². The van der Waals surface area contributed by atoms with Crippen molar-refractivity contribution in [1.29, 1.82) is 0 Å². The predicted molar refractivity (Wildman–Crippen MR) is 64.9 cm³/mol. The van der Waals surface area contributed by atoms with E-state index in [0.29, 0.717) is 16.5 Å². The standard InChI is InChI=1S/C12H15ClN2O2/c1-12(17,8-2-3-8)7-15-11(16)9-4-5-14-6-10(9)13/h4-6,8,17H,2-3,7H2,1H3,(H,15,16). The van der Waals surface area contributed by atoms with Gasteiger partial charge in [-0.25, -0.2) is 0 Å². The van der Waals surface area contributed by atoms with Gasteiger partial charge in [-0.15, -0.1) is 0 Å². The first-order valence-corrected chi connectivity index (χ1v) is 5.98. The van der Waals surface area contributed by atoms with Gasteiger partial charge in [0.2, 0.25) is 0 Å². The fraction of sp³-hybridized carbons (Fsp3) is 0.500. The molecule has 17 heavy (non-hydrogen) atoms. The molecule has 0 saturated heterocycles. The van der Waals surface area contributed by atoms with Crippen LogP contribution in [0.1, 0.15) is 30.1 Å². The molecule has 92 valence electrons. The molecule has 5 heteroatoms. The summed E-state index contributed by atoms with van der Waals surface area (Å²) in [6.07, 6.45) is 4.99. The van der Waals surface area contributed by atoms with Crippen molar-refractivity contribution in [2.24, 2.45) is 5.92 Å². The molecule has 1 unspecified atom stereocenters. The summed E-state index contributed by atoms with van der Waals surface area (Å²) < 4.78 is 0. The minimum atomic E-state index is -0.824. The first-order valence-electron chi connectivity index (χ1n) is 5.61. The van der Waals surface area contributed by atoms with Gasteiger partial charge >= 0.3 is 0 Å². The van der Waals surface area contributed by atoms with Crippen molar-refractivity contribution in [3.05, 3.63) is 29.0 Å². The Kier molecular flexibility index (Phi) is 3.35. The van der Waals surface area contributed by atoms with Gasteiger partial charge in [-0.3, -0.25) is 9.78 Å².